The van der Waals surface area contributed by atoms with Crippen LogP contribution in [-0.4, -0.2) is 29.6 Å². The molecule has 0 spiro atoms. The molecule has 1 aromatic carbocycles. The quantitative estimate of drug-likeness (QED) is 0.812. The summed E-state index contributed by atoms with van der Waals surface area (Å²) < 4.78 is 5.54. The van der Waals surface area contributed by atoms with Crippen LogP contribution < -0.4 is 10.1 Å². The lowest BCUT2D eigenvalue weighted by Gasteiger charge is -2.17. The van der Waals surface area contributed by atoms with E-state index in [1.165, 1.54) is 0 Å². The van der Waals surface area contributed by atoms with Gasteiger partial charge in [-0.1, -0.05) is 19.9 Å². The van der Waals surface area contributed by atoms with Gasteiger partial charge in [-0.15, -0.1) is 0 Å². The molecule has 1 amide bonds. The molecular weight excluding hydrogens is 282 g/mol. The summed E-state index contributed by atoms with van der Waals surface area (Å²) in [5.41, 5.74) is 3.13. The number of amides is 1. The first kappa shape index (κ1) is 18.0. The number of carbonyl (C=O) groups is 2. The number of aryl methyl sites for hydroxylation is 2. The highest BCUT2D eigenvalue weighted by Gasteiger charge is 2.21. The second kappa shape index (κ2) is 7.82. The highest BCUT2D eigenvalue weighted by Crippen LogP contribution is 2.23. The highest BCUT2D eigenvalue weighted by molar-refractivity contribution is 5.84. The third-order valence-electron chi connectivity index (χ3n) is 3.46. The molecule has 0 heterocycles. The van der Waals surface area contributed by atoms with Gasteiger partial charge in [0.25, 0.3) is 5.91 Å². The molecule has 0 bridgehead atoms. The van der Waals surface area contributed by atoms with Crippen LogP contribution in [0.3, 0.4) is 0 Å². The Morgan fingerprint density at radius 2 is 1.86 bits per heavy atom. The van der Waals surface area contributed by atoms with Gasteiger partial charge in [-0.25, -0.2) is 4.79 Å². The summed E-state index contributed by atoms with van der Waals surface area (Å²) in [5.74, 6) is -0.608. The first-order valence-corrected chi connectivity index (χ1v) is 7.43. The molecule has 0 aliphatic carbocycles. The van der Waals surface area contributed by atoms with Crippen LogP contribution in [0.5, 0.6) is 5.75 Å². The summed E-state index contributed by atoms with van der Waals surface area (Å²) in [5, 5.41) is 11.6. The Balaban J connectivity index is 2.64. The van der Waals surface area contributed by atoms with E-state index in [0.717, 1.165) is 16.7 Å². The minimum Gasteiger partial charge on any atom is -0.483 e. The maximum atomic E-state index is 11.9. The molecule has 0 saturated carbocycles. The van der Waals surface area contributed by atoms with E-state index in [9.17, 15) is 9.59 Å². The minimum atomic E-state index is -1.02. The fourth-order valence-corrected chi connectivity index (χ4v) is 2.22. The molecular formula is C17H25NO4. The summed E-state index contributed by atoms with van der Waals surface area (Å²) >= 11 is 0. The average molecular weight is 307 g/mol. The second-order valence-corrected chi connectivity index (χ2v) is 6.08. The smallest absolute Gasteiger partial charge is 0.326 e. The molecule has 0 radical (unpaired) electrons. The van der Waals surface area contributed by atoms with Gasteiger partial charge in [0.2, 0.25) is 0 Å². The predicted octanol–water partition coefficient (Wildman–Crippen LogP) is 2.61. The van der Waals surface area contributed by atoms with E-state index < -0.39 is 17.9 Å². The van der Waals surface area contributed by atoms with E-state index in [1.54, 1.807) is 0 Å². The molecule has 22 heavy (non-hydrogen) atoms. The van der Waals surface area contributed by atoms with Crippen molar-refractivity contribution in [1.29, 1.82) is 0 Å². The van der Waals surface area contributed by atoms with Crippen LogP contribution in [0.15, 0.2) is 12.1 Å². The number of nitrogens with one attached hydrogen (secondary N) is 1. The second-order valence-electron chi connectivity index (χ2n) is 6.08. The summed E-state index contributed by atoms with van der Waals surface area (Å²) in [6.45, 7) is 9.52. The molecule has 1 unspecified atom stereocenters. The number of hydrogen-bond acceptors (Lipinski definition) is 3. The SMILES string of the molecule is Cc1cc(C)c(C)c(OCC(=O)NC(CC(C)C)C(=O)O)c1. The fraction of sp³-hybridized carbons (Fsp3) is 0.529. The molecule has 0 aliphatic rings. The zero-order valence-corrected chi connectivity index (χ0v) is 13.9. The summed E-state index contributed by atoms with van der Waals surface area (Å²) in [6.07, 6.45) is 0.393. The van der Waals surface area contributed by atoms with Gasteiger partial charge >= 0.3 is 5.97 Å². The monoisotopic (exact) mass is 307 g/mol. The zero-order chi connectivity index (χ0) is 16.9. The lowest BCUT2D eigenvalue weighted by Crippen LogP contribution is -2.43. The van der Waals surface area contributed by atoms with Crippen molar-refractivity contribution in [1.82, 2.24) is 5.32 Å². The summed E-state index contributed by atoms with van der Waals surface area (Å²) in [6, 6.07) is 3.04. The van der Waals surface area contributed by atoms with Crippen molar-refractivity contribution in [2.75, 3.05) is 6.61 Å². The lowest BCUT2D eigenvalue weighted by molar-refractivity contribution is -0.142. The first-order valence-electron chi connectivity index (χ1n) is 7.43. The number of hydrogen-bond donors (Lipinski definition) is 2. The third kappa shape index (κ3) is 5.39. The van der Waals surface area contributed by atoms with Gasteiger partial charge in [-0.2, -0.15) is 0 Å². The maximum absolute atomic E-state index is 11.9. The van der Waals surface area contributed by atoms with E-state index >= 15 is 0 Å². The van der Waals surface area contributed by atoms with Crippen molar-refractivity contribution < 1.29 is 19.4 Å². The van der Waals surface area contributed by atoms with Crippen LogP contribution >= 0.6 is 0 Å². The van der Waals surface area contributed by atoms with E-state index in [2.05, 4.69) is 5.32 Å². The predicted molar refractivity (Wildman–Crippen MR) is 85.2 cm³/mol. The minimum absolute atomic E-state index is 0.184. The average Bonchev–Trinajstić information content (AvgIpc) is 2.39. The molecule has 122 valence electrons. The fourth-order valence-electron chi connectivity index (χ4n) is 2.22. The highest BCUT2D eigenvalue weighted by atomic mass is 16.5. The van der Waals surface area contributed by atoms with Crippen molar-refractivity contribution in [3.8, 4) is 5.75 Å². The maximum Gasteiger partial charge on any atom is 0.326 e. The lowest BCUT2D eigenvalue weighted by atomic mass is 10.0. The number of carbonyl (C=O) groups excluding carboxylic acids is 1. The van der Waals surface area contributed by atoms with Gasteiger partial charge in [0.1, 0.15) is 11.8 Å². The summed E-state index contributed by atoms with van der Waals surface area (Å²) in [7, 11) is 0. The standard InChI is InChI=1S/C17H25NO4/c1-10(2)6-14(17(20)21)18-16(19)9-22-15-8-11(3)7-12(4)13(15)5/h7-8,10,14H,6,9H2,1-5H3,(H,18,19)(H,20,21). The first-order chi connectivity index (χ1) is 10.2. The van der Waals surface area contributed by atoms with E-state index in [0.29, 0.717) is 12.2 Å². The third-order valence-corrected chi connectivity index (χ3v) is 3.46. The molecule has 1 atom stereocenters. The Morgan fingerprint density at radius 1 is 1.23 bits per heavy atom. The molecule has 1 rings (SSSR count). The van der Waals surface area contributed by atoms with Crippen molar-refractivity contribution in [2.45, 2.75) is 47.1 Å². The van der Waals surface area contributed by atoms with Gasteiger partial charge in [-0.05, 0) is 55.9 Å². The number of rotatable bonds is 7. The van der Waals surface area contributed by atoms with E-state index in [-0.39, 0.29) is 12.5 Å². The number of carboxylic acids is 1. The van der Waals surface area contributed by atoms with Crippen LogP contribution in [0.25, 0.3) is 0 Å². The number of carboxylic acid groups (broad SMARTS) is 1. The van der Waals surface area contributed by atoms with Crippen LogP contribution in [0.4, 0.5) is 0 Å². The Bertz CT molecular complexity index is 552. The summed E-state index contributed by atoms with van der Waals surface area (Å²) in [4.78, 5) is 23.0. The number of aliphatic carboxylic acids is 1. The van der Waals surface area contributed by atoms with Crippen LogP contribution in [0.1, 0.15) is 37.0 Å². The molecule has 0 aliphatic heterocycles. The van der Waals surface area contributed by atoms with Crippen molar-refractivity contribution in [3.63, 3.8) is 0 Å². The van der Waals surface area contributed by atoms with Crippen LogP contribution in [0, 0.1) is 26.7 Å². The molecule has 5 nitrogen and oxygen atoms in total. The topological polar surface area (TPSA) is 75.6 Å². The van der Waals surface area contributed by atoms with Crippen LogP contribution in [0.2, 0.25) is 0 Å². The Hall–Kier alpha value is -2.04. The molecule has 5 heteroatoms. The Kier molecular flexibility index (Phi) is 6.40. The van der Waals surface area contributed by atoms with E-state index in [1.807, 2.05) is 46.8 Å². The Labute approximate surface area is 131 Å². The van der Waals surface area contributed by atoms with Gasteiger partial charge in [-0.3, -0.25) is 4.79 Å². The van der Waals surface area contributed by atoms with Crippen molar-refractivity contribution in [2.24, 2.45) is 5.92 Å². The molecule has 2 N–H and O–H groups in total. The molecule has 0 fully saturated rings. The Morgan fingerprint density at radius 3 is 2.41 bits per heavy atom. The molecule has 1 aromatic rings. The number of ether oxygens (including phenoxy) is 1. The number of benzene rings is 1. The van der Waals surface area contributed by atoms with E-state index in [4.69, 9.17) is 9.84 Å². The largest absolute Gasteiger partial charge is 0.483 e. The zero-order valence-electron chi connectivity index (χ0n) is 13.9. The van der Waals surface area contributed by atoms with Crippen molar-refractivity contribution >= 4 is 11.9 Å². The van der Waals surface area contributed by atoms with Gasteiger partial charge in [0.15, 0.2) is 6.61 Å². The van der Waals surface area contributed by atoms with Gasteiger partial charge in [0, 0.05) is 0 Å². The normalized spacial score (nSPS) is 12.1. The van der Waals surface area contributed by atoms with Crippen LogP contribution in [-0.2, 0) is 9.59 Å². The van der Waals surface area contributed by atoms with Gasteiger partial charge < -0.3 is 15.2 Å². The van der Waals surface area contributed by atoms with Crippen molar-refractivity contribution in [3.05, 3.63) is 28.8 Å². The molecule has 0 saturated heterocycles. The molecule has 0 aromatic heterocycles. The van der Waals surface area contributed by atoms with Gasteiger partial charge in [0.05, 0.1) is 0 Å².